The van der Waals surface area contributed by atoms with Crippen molar-refractivity contribution in [3.8, 4) is 0 Å². The molecule has 0 aliphatic carbocycles. The van der Waals surface area contributed by atoms with Crippen molar-refractivity contribution in [2.45, 2.75) is 34.9 Å². The fraction of sp³-hybridized carbons (Fsp3) is 0.294. The number of hydrogen-bond acceptors (Lipinski definition) is 5. The van der Waals surface area contributed by atoms with E-state index in [1.807, 2.05) is 0 Å². The Hall–Kier alpha value is -2.40. The summed E-state index contributed by atoms with van der Waals surface area (Å²) in [7, 11) is -4.82. The zero-order valence-corrected chi connectivity index (χ0v) is 16.0. The van der Waals surface area contributed by atoms with Crippen LogP contribution >= 0.6 is 11.6 Å². The van der Waals surface area contributed by atoms with E-state index in [0.717, 1.165) is 23.2 Å². The number of sulfone groups is 1. The van der Waals surface area contributed by atoms with E-state index in [-0.39, 0.29) is 13.0 Å². The van der Waals surface area contributed by atoms with E-state index in [4.69, 9.17) is 11.6 Å². The largest absolute Gasteiger partial charge is 0.480 e. The number of aliphatic carboxylic acids is 1. The summed E-state index contributed by atoms with van der Waals surface area (Å²) in [6, 6.07) is 1.59. The van der Waals surface area contributed by atoms with Crippen molar-refractivity contribution in [1.82, 2.24) is 4.98 Å². The second-order valence-corrected chi connectivity index (χ2v) is 8.57. The summed E-state index contributed by atoms with van der Waals surface area (Å²) in [5.74, 6) is -2.99. The van der Waals surface area contributed by atoms with E-state index in [1.54, 1.807) is 0 Å². The summed E-state index contributed by atoms with van der Waals surface area (Å²) in [5, 5.41) is 8.70. The van der Waals surface area contributed by atoms with Crippen LogP contribution < -0.4 is 4.90 Å². The first kappa shape index (κ1) is 21.3. The molecular weight excluding hydrogens is 440 g/mol. The number of nitrogens with zero attached hydrogens (tertiary/aromatic N) is 2. The molecule has 0 saturated carbocycles. The average Bonchev–Trinajstić information content (AvgIpc) is 3.10. The Morgan fingerprint density at radius 3 is 2.52 bits per heavy atom. The van der Waals surface area contributed by atoms with Gasteiger partial charge >= 0.3 is 12.1 Å². The van der Waals surface area contributed by atoms with Crippen molar-refractivity contribution in [2.24, 2.45) is 0 Å². The van der Waals surface area contributed by atoms with Crippen LogP contribution in [0.25, 0.3) is 0 Å². The summed E-state index contributed by atoms with van der Waals surface area (Å²) in [5.41, 5.74) is -1.59. The smallest absolute Gasteiger partial charge is 0.421 e. The SMILES string of the molecule is O=C(O)C1CCCN1c1nccc(S(=O)(=O)c2ccc(F)cc2Cl)c1C(F)(F)F. The molecule has 2 heterocycles. The molecule has 2 aromatic rings. The Labute approximate surface area is 167 Å². The highest BCUT2D eigenvalue weighted by atomic mass is 35.5. The van der Waals surface area contributed by atoms with Crippen molar-refractivity contribution in [3.05, 3.63) is 46.9 Å². The molecule has 0 radical (unpaired) electrons. The van der Waals surface area contributed by atoms with E-state index < -0.39 is 60.0 Å². The average molecular weight is 453 g/mol. The molecule has 0 bridgehead atoms. The molecule has 1 N–H and O–H groups in total. The zero-order valence-electron chi connectivity index (χ0n) is 14.4. The van der Waals surface area contributed by atoms with Gasteiger partial charge in [0.15, 0.2) is 0 Å². The van der Waals surface area contributed by atoms with Gasteiger partial charge in [0.2, 0.25) is 9.84 Å². The summed E-state index contributed by atoms with van der Waals surface area (Å²) in [6.07, 6.45) is -3.91. The van der Waals surface area contributed by atoms with Crippen LogP contribution in [0.1, 0.15) is 18.4 Å². The monoisotopic (exact) mass is 452 g/mol. The maximum atomic E-state index is 13.9. The molecular formula is C17H13ClF4N2O4S. The van der Waals surface area contributed by atoms with Crippen LogP contribution in [0.4, 0.5) is 23.4 Å². The highest BCUT2D eigenvalue weighted by Gasteiger charge is 2.45. The minimum absolute atomic E-state index is 0.0339. The van der Waals surface area contributed by atoms with Crippen LogP contribution in [-0.2, 0) is 20.8 Å². The molecule has 6 nitrogen and oxygen atoms in total. The topological polar surface area (TPSA) is 87.6 Å². The van der Waals surface area contributed by atoms with Gasteiger partial charge in [-0.3, -0.25) is 0 Å². The lowest BCUT2D eigenvalue weighted by atomic mass is 10.2. The lowest BCUT2D eigenvalue weighted by Gasteiger charge is -2.27. The minimum Gasteiger partial charge on any atom is -0.480 e. The Morgan fingerprint density at radius 1 is 1.24 bits per heavy atom. The number of halogens is 5. The van der Waals surface area contributed by atoms with E-state index in [0.29, 0.717) is 18.6 Å². The molecule has 1 aromatic heterocycles. The third-order valence-electron chi connectivity index (χ3n) is 4.46. The van der Waals surface area contributed by atoms with Gasteiger partial charge < -0.3 is 10.0 Å². The highest BCUT2D eigenvalue weighted by Crippen LogP contribution is 2.43. The van der Waals surface area contributed by atoms with Crippen LogP contribution in [0.2, 0.25) is 5.02 Å². The lowest BCUT2D eigenvalue weighted by Crippen LogP contribution is -2.38. The molecule has 1 atom stereocenters. The Bertz CT molecular complexity index is 1080. The Morgan fingerprint density at radius 2 is 1.93 bits per heavy atom. The first-order valence-corrected chi connectivity index (χ1v) is 10.1. The number of anilines is 1. The molecule has 1 unspecified atom stereocenters. The van der Waals surface area contributed by atoms with Crippen LogP contribution in [0.3, 0.4) is 0 Å². The zero-order chi connectivity index (χ0) is 21.6. The first-order valence-electron chi connectivity index (χ1n) is 8.20. The highest BCUT2D eigenvalue weighted by molar-refractivity contribution is 7.91. The number of carboxylic acids is 1. The number of rotatable bonds is 4. The van der Waals surface area contributed by atoms with Crippen molar-refractivity contribution in [1.29, 1.82) is 0 Å². The van der Waals surface area contributed by atoms with Crippen LogP contribution in [0.15, 0.2) is 40.3 Å². The number of benzene rings is 1. The quantitative estimate of drug-likeness (QED) is 0.561. The summed E-state index contributed by atoms with van der Waals surface area (Å²) in [6.45, 7) is -0.0339. The van der Waals surface area contributed by atoms with Gasteiger partial charge in [-0.1, -0.05) is 11.6 Å². The van der Waals surface area contributed by atoms with Gasteiger partial charge in [-0.15, -0.1) is 0 Å². The first-order chi connectivity index (χ1) is 13.4. The van der Waals surface area contributed by atoms with Crippen molar-refractivity contribution in [3.63, 3.8) is 0 Å². The predicted octanol–water partition coefficient (Wildman–Crippen LogP) is 3.78. The molecule has 29 heavy (non-hydrogen) atoms. The number of alkyl halides is 3. The fourth-order valence-electron chi connectivity index (χ4n) is 3.23. The standard InChI is InChI=1S/C17H13ClF4N2O4S/c18-10-8-9(19)3-4-12(10)29(27,28)13-5-6-23-15(14(13)17(20,21)22)24-7-1-2-11(24)16(25)26/h3-6,8,11H,1-2,7H2,(H,25,26). The molecule has 0 spiro atoms. The van der Waals surface area contributed by atoms with Crippen molar-refractivity contribution < 1.29 is 35.9 Å². The van der Waals surface area contributed by atoms with E-state index >= 15 is 0 Å². The third kappa shape index (κ3) is 3.88. The maximum Gasteiger partial charge on any atom is 0.421 e. The van der Waals surface area contributed by atoms with Gasteiger partial charge in [0.05, 0.1) is 14.8 Å². The summed E-state index contributed by atoms with van der Waals surface area (Å²) < 4.78 is 80.9. The van der Waals surface area contributed by atoms with E-state index in [1.165, 1.54) is 0 Å². The van der Waals surface area contributed by atoms with Crippen molar-refractivity contribution in [2.75, 3.05) is 11.4 Å². The van der Waals surface area contributed by atoms with Crippen LogP contribution in [-0.4, -0.2) is 37.1 Å². The van der Waals surface area contributed by atoms with Gasteiger partial charge in [-0.2, -0.15) is 13.2 Å². The molecule has 0 amide bonds. The normalized spacial score (nSPS) is 17.6. The second kappa shape index (κ2) is 7.45. The molecule has 1 fully saturated rings. The molecule has 1 aliphatic heterocycles. The van der Waals surface area contributed by atoms with Crippen LogP contribution in [0, 0.1) is 5.82 Å². The van der Waals surface area contributed by atoms with E-state index in [2.05, 4.69) is 4.98 Å². The maximum absolute atomic E-state index is 13.9. The molecule has 156 valence electrons. The minimum atomic E-state index is -5.16. The van der Waals surface area contributed by atoms with Gasteiger partial charge in [0, 0.05) is 12.7 Å². The molecule has 3 rings (SSSR count). The lowest BCUT2D eigenvalue weighted by molar-refractivity contribution is -0.141. The van der Waals surface area contributed by atoms with Gasteiger partial charge in [-0.05, 0) is 37.1 Å². The van der Waals surface area contributed by atoms with Gasteiger partial charge in [0.1, 0.15) is 23.2 Å². The fourth-order valence-corrected chi connectivity index (χ4v) is 5.22. The summed E-state index contributed by atoms with van der Waals surface area (Å²) in [4.78, 5) is 14.1. The Balaban J connectivity index is 2.27. The van der Waals surface area contributed by atoms with Gasteiger partial charge in [0.25, 0.3) is 0 Å². The Kier molecular flexibility index (Phi) is 5.48. The summed E-state index contributed by atoms with van der Waals surface area (Å²) >= 11 is 5.76. The van der Waals surface area contributed by atoms with E-state index in [9.17, 15) is 35.9 Å². The molecule has 1 aromatic carbocycles. The van der Waals surface area contributed by atoms with Crippen LogP contribution in [0.5, 0.6) is 0 Å². The van der Waals surface area contributed by atoms with Gasteiger partial charge in [-0.25, -0.2) is 22.6 Å². The number of carboxylic acid groups (broad SMARTS) is 1. The number of carbonyl (C=O) groups is 1. The second-order valence-electron chi connectivity index (χ2n) is 6.27. The third-order valence-corrected chi connectivity index (χ3v) is 6.74. The number of aromatic nitrogens is 1. The molecule has 1 saturated heterocycles. The molecule has 12 heteroatoms. The number of pyridine rings is 1. The number of hydrogen-bond donors (Lipinski definition) is 1. The molecule has 1 aliphatic rings. The van der Waals surface area contributed by atoms with Crippen molar-refractivity contribution >= 4 is 33.2 Å². The predicted molar refractivity (Wildman–Crippen MR) is 94.1 cm³/mol.